The SMILES string of the molecule is O=C(c1nc2cccnc2s1)N1CCCCCC1c1ccncc1. The van der Waals surface area contributed by atoms with Crippen molar-refractivity contribution in [2.75, 3.05) is 6.54 Å². The molecule has 1 aliphatic rings. The van der Waals surface area contributed by atoms with Gasteiger partial charge in [-0.05, 0) is 42.7 Å². The molecule has 0 bridgehead atoms. The van der Waals surface area contributed by atoms with Crippen molar-refractivity contribution in [3.8, 4) is 0 Å². The molecule has 4 heterocycles. The van der Waals surface area contributed by atoms with Crippen molar-refractivity contribution < 1.29 is 4.79 Å². The first kappa shape index (κ1) is 15.2. The Kier molecular flexibility index (Phi) is 4.21. The zero-order valence-electron chi connectivity index (χ0n) is 13.3. The molecule has 0 spiro atoms. The number of hydrogen-bond donors (Lipinski definition) is 0. The van der Waals surface area contributed by atoms with Crippen LogP contribution in [0.5, 0.6) is 0 Å². The Morgan fingerprint density at radius 1 is 1.12 bits per heavy atom. The summed E-state index contributed by atoms with van der Waals surface area (Å²) in [6.45, 7) is 0.773. The maximum atomic E-state index is 13.1. The van der Waals surface area contributed by atoms with Crippen molar-refractivity contribution in [3.63, 3.8) is 0 Å². The van der Waals surface area contributed by atoms with E-state index in [1.165, 1.54) is 11.3 Å². The molecule has 6 heteroatoms. The molecule has 3 aromatic rings. The zero-order valence-corrected chi connectivity index (χ0v) is 14.1. The molecule has 0 aromatic carbocycles. The number of thiazole rings is 1. The summed E-state index contributed by atoms with van der Waals surface area (Å²) in [5.74, 6) is 0.0155. The van der Waals surface area contributed by atoms with Crippen LogP contribution in [0.1, 0.15) is 47.1 Å². The van der Waals surface area contributed by atoms with Crippen LogP contribution in [0.4, 0.5) is 0 Å². The number of amides is 1. The standard InChI is InChI=1S/C18H18N4OS/c23-18(17-21-14-5-4-9-20-16(14)24-17)22-12-3-1-2-6-15(22)13-7-10-19-11-8-13/h4-5,7-11,15H,1-3,6,12H2. The number of aromatic nitrogens is 3. The Morgan fingerprint density at radius 2 is 2.00 bits per heavy atom. The molecule has 1 unspecified atom stereocenters. The number of carbonyl (C=O) groups excluding carboxylic acids is 1. The lowest BCUT2D eigenvalue weighted by atomic mass is 10.0. The molecule has 1 atom stereocenters. The molecule has 1 saturated heterocycles. The third kappa shape index (κ3) is 2.89. The minimum absolute atomic E-state index is 0.0155. The van der Waals surface area contributed by atoms with Gasteiger partial charge in [0.2, 0.25) is 0 Å². The first-order valence-corrected chi connectivity index (χ1v) is 9.07. The Balaban J connectivity index is 1.69. The Morgan fingerprint density at radius 3 is 2.83 bits per heavy atom. The first-order chi connectivity index (χ1) is 11.8. The van der Waals surface area contributed by atoms with Gasteiger partial charge < -0.3 is 4.90 Å². The van der Waals surface area contributed by atoms with Gasteiger partial charge in [-0.25, -0.2) is 9.97 Å². The van der Waals surface area contributed by atoms with Crippen LogP contribution in [0.3, 0.4) is 0 Å². The van der Waals surface area contributed by atoms with Crippen LogP contribution >= 0.6 is 11.3 Å². The summed E-state index contributed by atoms with van der Waals surface area (Å²) in [5, 5.41) is 0.532. The van der Waals surface area contributed by atoms with E-state index in [-0.39, 0.29) is 11.9 Å². The minimum Gasteiger partial charge on any atom is -0.330 e. The van der Waals surface area contributed by atoms with E-state index in [4.69, 9.17) is 0 Å². The number of fused-ring (bicyclic) bond motifs is 1. The smallest absolute Gasteiger partial charge is 0.283 e. The van der Waals surface area contributed by atoms with E-state index in [9.17, 15) is 4.79 Å². The van der Waals surface area contributed by atoms with E-state index in [2.05, 4.69) is 15.0 Å². The summed E-state index contributed by atoms with van der Waals surface area (Å²) >= 11 is 1.38. The van der Waals surface area contributed by atoms with Crippen LogP contribution < -0.4 is 0 Å². The van der Waals surface area contributed by atoms with Gasteiger partial charge in [0.05, 0.1) is 6.04 Å². The van der Waals surface area contributed by atoms with E-state index >= 15 is 0 Å². The average Bonchev–Trinajstić information content (AvgIpc) is 2.91. The van der Waals surface area contributed by atoms with E-state index in [1.807, 2.05) is 29.2 Å². The van der Waals surface area contributed by atoms with E-state index in [1.54, 1.807) is 18.6 Å². The highest BCUT2D eigenvalue weighted by atomic mass is 32.1. The zero-order chi connectivity index (χ0) is 16.4. The number of nitrogens with zero attached hydrogens (tertiary/aromatic N) is 4. The number of carbonyl (C=O) groups is 1. The van der Waals surface area contributed by atoms with Gasteiger partial charge in [0, 0.05) is 25.1 Å². The van der Waals surface area contributed by atoms with E-state index in [0.29, 0.717) is 5.01 Å². The topological polar surface area (TPSA) is 59.0 Å². The van der Waals surface area contributed by atoms with Crippen molar-refractivity contribution in [1.82, 2.24) is 19.9 Å². The molecule has 0 N–H and O–H groups in total. The summed E-state index contributed by atoms with van der Waals surface area (Å²) in [4.78, 5) is 28.8. The molecule has 1 aliphatic heterocycles. The quantitative estimate of drug-likeness (QED) is 0.712. The van der Waals surface area contributed by atoms with Gasteiger partial charge in [-0.2, -0.15) is 0 Å². The maximum Gasteiger partial charge on any atom is 0.283 e. The Labute approximate surface area is 144 Å². The van der Waals surface area contributed by atoms with Crippen molar-refractivity contribution in [3.05, 3.63) is 53.4 Å². The van der Waals surface area contributed by atoms with Gasteiger partial charge in [0.1, 0.15) is 10.3 Å². The molecular formula is C18H18N4OS. The van der Waals surface area contributed by atoms with Crippen LogP contribution in [-0.2, 0) is 0 Å². The average molecular weight is 338 g/mol. The fourth-order valence-corrected chi connectivity index (χ4v) is 4.13. The van der Waals surface area contributed by atoms with Crippen LogP contribution in [0.2, 0.25) is 0 Å². The Bertz CT molecular complexity index is 815. The van der Waals surface area contributed by atoms with Gasteiger partial charge in [-0.1, -0.05) is 24.2 Å². The van der Waals surface area contributed by atoms with Crippen molar-refractivity contribution in [2.24, 2.45) is 0 Å². The molecule has 1 amide bonds. The third-order valence-corrected chi connectivity index (χ3v) is 5.42. The molecule has 0 saturated carbocycles. The van der Waals surface area contributed by atoms with Crippen LogP contribution in [-0.4, -0.2) is 32.3 Å². The molecule has 24 heavy (non-hydrogen) atoms. The van der Waals surface area contributed by atoms with Crippen LogP contribution in [0.15, 0.2) is 42.9 Å². The lowest BCUT2D eigenvalue weighted by molar-refractivity contribution is 0.0680. The second-order valence-electron chi connectivity index (χ2n) is 5.99. The highest BCUT2D eigenvalue weighted by Gasteiger charge is 2.29. The number of hydrogen-bond acceptors (Lipinski definition) is 5. The summed E-state index contributed by atoms with van der Waals surface area (Å²) in [6, 6.07) is 7.87. The maximum absolute atomic E-state index is 13.1. The van der Waals surface area contributed by atoms with Crippen LogP contribution in [0.25, 0.3) is 10.3 Å². The largest absolute Gasteiger partial charge is 0.330 e. The molecule has 122 valence electrons. The summed E-state index contributed by atoms with van der Waals surface area (Å²) in [7, 11) is 0. The van der Waals surface area contributed by atoms with Gasteiger partial charge >= 0.3 is 0 Å². The van der Waals surface area contributed by atoms with Gasteiger partial charge in [-0.15, -0.1) is 0 Å². The van der Waals surface area contributed by atoms with E-state index in [0.717, 1.165) is 48.1 Å². The lowest BCUT2D eigenvalue weighted by Crippen LogP contribution is -2.34. The lowest BCUT2D eigenvalue weighted by Gasteiger charge is -2.29. The van der Waals surface area contributed by atoms with Crippen molar-refractivity contribution in [2.45, 2.75) is 31.7 Å². The fourth-order valence-electron chi connectivity index (χ4n) is 3.27. The molecule has 5 nitrogen and oxygen atoms in total. The Hall–Kier alpha value is -2.34. The second-order valence-corrected chi connectivity index (χ2v) is 6.97. The van der Waals surface area contributed by atoms with Gasteiger partial charge in [0.25, 0.3) is 5.91 Å². The summed E-state index contributed by atoms with van der Waals surface area (Å²) in [6.07, 6.45) is 9.65. The molecule has 4 rings (SSSR count). The highest BCUT2D eigenvalue weighted by Crippen LogP contribution is 2.32. The molecule has 0 radical (unpaired) electrons. The second kappa shape index (κ2) is 6.65. The summed E-state index contributed by atoms with van der Waals surface area (Å²) in [5.41, 5.74) is 1.95. The number of pyridine rings is 2. The predicted molar refractivity (Wildman–Crippen MR) is 93.9 cm³/mol. The van der Waals surface area contributed by atoms with Crippen molar-refractivity contribution in [1.29, 1.82) is 0 Å². The first-order valence-electron chi connectivity index (χ1n) is 8.25. The summed E-state index contributed by atoms with van der Waals surface area (Å²) < 4.78 is 0. The van der Waals surface area contributed by atoms with Gasteiger partial charge in [-0.3, -0.25) is 9.78 Å². The van der Waals surface area contributed by atoms with Crippen molar-refractivity contribution >= 4 is 27.6 Å². The highest BCUT2D eigenvalue weighted by molar-refractivity contribution is 7.19. The monoisotopic (exact) mass is 338 g/mol. The van der Waals surface area contributed by atoms with Crippen LogP contribution in [0, 0.1) is 0 Å². The fraction of sp³-hybridized carbons (Fsp3) is 0.333. The van der Waals surface area contributed by atoms with E-state index < -0.39 is 0 Å². The van der Waals surface area contributed by atoms with Gasteiger partial charge in [0.15, 0.2) is 5.01 Å². The molecule has 1 fully saturated rings. The normalized spacial score (nSPS) is 18.5. The molecular weight excluding hydrogens is 320 g/mol. The number of likely N-dealkylation sites (tertiary alicyclic amines) is 1. The predicted octanol–water partition coefficient (Wildman–Crippen LogP) is 3.84. The molecule has 3 aromatic heterocycles. The minimum atomic E-state index is 0.0155. The molecule has 0 aliphatic carbocycles. The third-order valence-electron chi connectivity index (χ3n) is 4.45. The number of rotatable bonds is 2.